The highest BCUT2D eigenvalue weighted by Gasteiger charge is 2.22. The van der Waals surface area contributed by atoms with Crippen molar-refractivity contribution in [3.63, 3.8) is 0 Å². The van der Waals surface area contributed by atoms with Crippen molar-refractivity contribution >= 4 is 5.91 Å². The van der Waals surface area contributed by atoms with Crippen molar-refractivity contribution in [3.05, 3.63) is 82.7 Å². The third-order valence-corrected chi connectivity index (χ3v) is 4.80. The first-order valence-electron chi connectivity index (χ1n) is 8.57. The monoisotopic (exact) mass is 343 g/mol. The lowest BCUT2D eigenvalue weighted by molar-refractivity contribution is 0.1000. The van der Waals surface area contributed by atoms with Gasteiger partial charge >= 0.3 is 0 Å². The molecule has 130 valence electrons. The molecule has 0 saturated carbocycles. The van der Waals surface area contributed by atoms with Crippen molar-refractivity contribution in [3.8, 4) is 17.2 Å². The first-order valence-corrected chi connectivity index (χ1v) is 8.57. The van der Waals surface area contributed by atoms with E-state index in [1.54, 1.807) is 12.1 Å². The second kappa shape index (κ2) is 7.28. The maximum Gasteiger partial charge on any atom is 0.251 e. The largest absolute Gasteiger partial charge is 0.366 e. The van der Waals surface area contributed by atoms with E-state index in [0.29, 0.717) is 11.1 Å². The van der Waals surface area contributed by atoms with E-state index in [1.165, 1.54) is 5.56 Å². The van der Waals surface area contributed by atoms with Gasteiger partial charge in [-0.15, -0.1) is 0 Å². The number of hydrogen-bond donors (Lipinski definition) is 1. The van der Waals surface area contributed by atoms with E-state index < -0.39 is 5.91 Å². The smallest absolute Gasteiger partial charge is 0.251 e. The van der Waals surface area contributed by atoms with E-state index in [-0.39, 0.29) is 0 Å². The lowest BCUT2D eigenvalue weighted by Crippen LogP contribution is -2.13. The number of amides is 1. The molecule has 0 fully saturated rings. The van der Waals surface area contributed by atoms with Gasteiger partial charge in [-0.2, -0.15) is 5.26 Å². The van der Waals surface area contributed by atoms with Gasteiger partial charge in [0.05, 0.1) is 17.2 Å². The van der Waals surface area contributed by atoms with Crippen LogP contribution in [0.5, 0.6) is 0 Å². The van der Waals surface area contributed by atoms with Gasteiger partial charge in [-0.1, -0.05) is 42.5 Å². The molecule has 0 spiro atoms. The first-order chi connectivity index (χ1) is 12.5. The maximum atomic E-state index is 12.1. The van der Waals surface area contributed by atoms with Gasteiger partial charge in [0.2, 0.25) is 0 Å². The molecule has 0 atom stereocenters. The van der Waals surface area contributed by atoms with Gasteiger partial charge in [0.15, 0.2) is 0 Å². The lowest BCUT2D eigenvalue weighted by Gasteiger charge is -2.10. The Morgan fingerprint density at radius 2 is 1.69 bits per heavy atom. The second-order valence-electron chi connectivity index (χ2n) is 6.36. The summed E-state index contributed by atoms with van der Waals surface area (Å²) in [4.78, 5) is 12.1. The summed E-state index contributed by atoms with van der Waals surface area (Å²) in [6.07, 6.45) is 0.877. The normalized spacial score (nSPS) is 10.5. The number of aryl methyl sites for hydroxylation is 1. The molecule has 26 heavy (non-hydrogen) atoms. The molecular formula is C22H21N3O. The van der Waals surface area contributed by atoms with Crippen LogP contribution in [0.15, 0.2) is 54.6 Å². The van der Waals surface area contributed by atoms with Crippen molar-refractivity contribution in [2.45, 2.75) is 26.8 Å². The average Bonchev–Trinajstić information content (AvgIpc) is 2.91. The number of carbonyl (C=O) groups is 1. The summed E-state index contributed by atoms with van der Waals surface area (Å²) in [6.45, 7) is 4.72. The van der Waals surface area contributed by atoms with E-state index in [2.05, 4.69) is 22.8 Å². The Labute approximate surface area is 153 Å². The minimum atomic E-state index is -0.427. The maximum absolute atomic E-state index is 12.1. The summed E-state index contributed by atoms with van der Waals surface area (Å²) in [5, 5.41) is 8.99. The zero-order valence-corrected chi connectivity index (χ0v) is 15.0. The molecule has 0 aliphatic heterocycles. The SMILES string of the molecule is Cc1c(C(N)=O)c(-c2ccc(C#N)cc2)c(C)n1CCc1ccccc1. The van der Waals surface area contributed by atoms with Crippen molar-refractivity contribution in [2.75, 3.05) is 0 Å². The molecule has 3 aromatic rings. The number of nitriles is 1. The van der Waals surface area contributed by atoms with Crippen molar-refractivity contribution in [1.29, 1.82) is 5.26 Å². The Morgan fingerprint density at radius 3 is 2.27 bits per heavy atom. The molecule has 0 saturated heterocycles. The minimum absolute atomic E-state index is 0.427. The van der Waals surface area contributed by atoms with Crippen LogP contribution in [0.1, 0.15) is 32.9 Å². The highest BCUT2D eigenvalue weighted by atomic mass is 16.1. The van der Waals surface area contributed by atoms with E-state index >= 15 is 0 Å². The predicted octanol–water partition coefficient (Wildman–Crippen LogP) is 3.99. The lowest BCUT2D eigenvalue weighted by atomic mass is 9.99. The molecule has 3 rings (SSSR count). The molecular weight excluding hydrogens is 322 g/mol. The molecule has 1 aromatic heterocycles. The van der Waals surface area contributed by atoms with E-state index in [9.17, 15) is 4.79 Å². The van der Waals surface area contributed by atoms with Crippen LogP contribution in [-0.2, 0) is 13.0 Å². The van der Waals surface area contributed by atoms with Crippen molar-refractivity contribution < 1.29 is 4.79 Å². The number of hydrogen-bond acceptors (Lipinski definition) is 2. The first kappa shape index (κ1) is 17.5. The van der Waals surface area contributed by atoms with Crippen molar-refractivity contribution in [2.24, 2.45) is 5.73 Å². The van der Waals surface area contributed by atoms with Crippen molar-refractivity contribution in [1.82, 2.24) is 4.57 Å². The predicted molar refractivity (Wildman–Crippen MR) is 103 cm³/mol. The summed E-state index contributed by atoms with van der Waals surface area (Å²) in [7, 11) is 0. The molecule has 4 nitrogen and oxygen atoms in total. The third kappa shape index (κ3) is 3.25. The Balaban J connectivity index is 2.04. The number of benzene rings is 2. The molecule has 0 bridgehead atoms. The highest BCUT2D eigenvalue weighted by molar-refractivity contribution is 6.02. The summed E-state index contributed by atoms with van der Waals surface area (Å²) in [5.41, 5.74) is 11.7. The topological polar surface area (TPSA) is 71.8 Å². The van der Waals surface area contributed by atoms with Gasteiger partial charge in [-0.3, -0.25) is 4.79 Å². The fourth-order valence-corrected chi connectivity index (χ4v) is 3.47. The zero-order chi connectivity index (χ0) is 18.7. The van der Waals surface area contributed by atoms with Gasteiger partial charge in [0.25, 0.3) is 5.91 Å². The quantitative estimate of drug-likeness (QED) is 0.761. The molecule has 0 radical (unpaired) electrons. The molecule has 1 amide bonds. The van der Waals surface area contributed by atoms with Crippen LogP contribution in [0.25, 0.3) is 11.1 Å². The number of aromatic nitrogens is 1. The Kier molecular flexibility index (Phi) is 4.90. The van der Waals surface area contributed by atoms with Gasteiger partial charge < -0.3 is 10.3 Å². The number of rotatable bonds is 5. The summed E-state index contributed by atoms with van der Waals surface area (Å²) in [6, 6.07) is 19.6. The molecule has 0 aliphatic carbocycles. The van der Waals surface area contributed by atoms with Gasteiger partial charge in [-0.05, 0) is 43.5 Å². The average molecular weight is 343 g/mol. The van der Waals surface area contributed by atoms with Crippen LogP contribution in [0.3, 0.4) is 0 Å². The number of nitrogens with zero attached hydrogens (tertiary/aromatic N) is 2. The highest BCUT2D eigenvalue weighted by Crippen LogP contribution is 2.32. The summed E-state index contributed by atoms with van der Waals surface area (Å²) < 4.78 is 2.15. The van der Waals surface area contributed by atoms with E-state index in [0.717, 1.165) is 35.5 Å². The molecule has 4 heteroatoms. The molecule has 0 aliphatic rings. The van der Waals surface area contributed by atoms with Crippen LogP contribution < -0.4 is 5.73 Å². The van der Waals surface area contributed by atoms with Gasteiger partial charge in [-0.25, -0.2) is 0 Å². The fraction of sp³-hybridized carbons (Fsp3) is 0.182. The minimum Gasteiger partial charge on any atom is -0.366 e. The zero-order valence-electron chi connectivity index (χ0n) is 15.0. The number of carbonyl (C=O) groups excluding carboxylic acids is 1. The molecule has 2 N–H and O–H groups in total. The third-order valence-electron chi connectivity index (χ3n) is 4.80. The second-order valence-corrected chi connectivity index (χ2v) is 6.36. The van der Waals surface area contributed by atoms with Crippen LogP contribution >= 0.6 is 0 Å². The van der Waals surface area contributed by atoms with Crippen LogP contribution in [0.4, 0.5) is 0 Å². The number of nitrogens with two attached hydrogens (primary N) is 1. The van der Waals surface area contributed by atoms with E-state index in [1.807, 2.05) is 44.2 Å². The molecule has 0 unspecified atom stereocenters. The standard InChI is InChI=1S/C22H21N3O/c1-15-20(19-10-8-18(14-23)9-11-19)21(22(24)26)16(2)25(15)13-12-17-6-4-3-5-7-17/h3-11H,12-13H2,1-2H3,(H2,24,26). The van der Waals surface area contributed by atoms with Crippen LogP contribution in [-0.4, -0.2) is 10.5 Å². The summed E-state index contributed by atoms with van der Waals surface area (Å²) in [5.74, 6) is -0.427. The summed E-state index contributed by atoms with van der Waals surface area (Å²) >= 11 is 0. The molecule has 1 heterocycles. The Bertz CT molecular complexity index is 977. The Morgan fingerprint density at radius 1 is 1.04 bits per heavy atom. The van der Waals surface area contributed by atoms with Gasteiger partial charge in [0, 0.05) is 23.5 Å². The van der Waals surface area contributed by atoms with E-state index in [4.69, 9.17) is 11.0 Å². The molecule has 2 aromatic carbocycles. The van der Waals surface area contributed by atoms with Gasteiger partial charge in [0.1, 0.15) is 0 Å². The van der Waals surface area contributed by atoms with Crippen LogP contribution in [0.2, 0.25) is 0 Å². The number of primary amides is 1. The fourth-order valence-electron chi connectivity index (χ4n) is 3.47. The Hall–Kier alpha value is -3.32. The van der Waals surface area contributed by atoms with Crippen LogP contribution in [0, 0.1) is 25.2 Å².